The first-order chi connectivity index (χ1) is 12.8. The average molecular weight is 390 g/mol. The number of carboxylic acid groups (broad SMARTS) is 1. The van der Waals surface area contributed by atoms with Gasteiger partial charge in [0.15, 0.2) is 0 Å². The van der Waals surface area contributed by atoms with Crippen molar-refractivity contribution in [3.8, 4) is 0 Å². The van der Waals surface area contributed by atoms with Crippen LogP contribution in [0.2, 0.25) is 0 Å². The van der Waals surface area contributed by atoms with E-state index in [9.17, 15) is 18.3 Å². The van der Waals surface area contributed by atoms with Gasteiger partial charge >= 0.3 is 5.97 Å². The molecule has 0 unspecified atom stereocenters. The maximum absolute atomic E-state index is 12.5. The van der Waals surface area contributed by atoms with E-state index in [1.807, 2.05) is 18.7 Å². The molecule has 7 nitrogen and oxygen atoms in total. The van der Waals surface area contributed by atoms with Crippen molar-refractivity contribution in [2.24, 2.45) is 0 Å². The summed E-state index contributed by atoms with van der Waals surface area (Å²) in [6.07, 6.45) is -0.0432. The Morgan fingerprint density at radius 2 is 1.74 bits per heavy atom. The van der Waals surface area contributed by atoms with Crippen LogP contribution in [0.5, 0.6) is 0 Å². The van der Waals surface area contributed by atoms with Crippen LogP contribution in [0, 0.1) is 0 Å². The first-order valence-electron chi connectivity index (χ1n) is 8.62. The predicted molar refractivity (Wildman–Crippen MR) is 103 cm³/mol. The third-order valence-corrected chi connectivity index (χ3v) is 5.69. The molecule has 1 fully saturated rings. The van der Waals surface area contributed by atoms with E-state index >= 15 is 0 Å². The number of carboxylic acids is 1. The summed E-state index contributed by atoms with van der Waals surface area (Å²) < 4.78 is 33.1. The van der Waals surface area contributed by atoms with Gasteiger partial charge in [-0.3, -0.25) is 4.72 Å². The molecule has 0 saturated carbocycles. The fourth-order valence-corrected chi connectivity index (χ4v) is 4.31. The molecule has 0 radical (unpaired) electrons. The fraction of sp³-hybridized carbons (Fsp3) is 0.316. The summed E-state index contributed by atoms with van der Waals surface area (Å²) in [5.41, 5.74) is 0.797. The highest BCUT2D eigenvalue weighted by atomic mass is 32.2. The molecule has 8 heteroatoms. The molecule has 144 valence electrons. The largest absolute Gasteiger partial charge is 0.478 e. The van der Waals surface area contributed by atoms with Crippen molar-refractivity contribution in [3.05, 3.63) is 54.1 Å². The van der Waals surface area contributed by atoms with Crippen molar-refractivity contribution in [1.29, 1.82) is 0 Å². The van der Waals surface area contributed by atoms with Crippen molar-refractivity contribution in [2.75, 3.05) is 22.7 Å². The van der Waals surface area contributed by atoms with Gasteiger partial charge in [-0.15, -0.1) is 0 Å². The summed E-state index contributed by atoms with van der Waals surface area (Å²) in [6, 6.07) is 12.5. The summed E-state index contributed by atoms with van der Waals surface area (Å²) in [6.45, 7) is 5.01. The molecule has 0 aromatic heterocycles. The summed E-state index contributed by atoms with van der Waals surface area (Å²) in [5.74, 6) is -1.11. The Balaban J connectivity index is 1.91. The zero-order chi connectivity index (χ0) is 19.6. The van der Waals surface area contributed by atoms with Crippen LogP contribution in [0.15, 0.2) is 53.4 Å². The summed E-state index contributed by atoms with van der Waals surface area (Å²) >= 11 is 0. The van der Waals surface area contributed by atoms with E-state index in [0.717, 1.165) is 0 Å². The second-order valence-corrected chi connectivity index (χ2v) is 8.30. The lowest BCUT2D eigenvalue weighted by atomic mass is 10.1. The lowest BCUT2D eigenvalue weighted by Crippen LogP contribution is -2.46. The molecule has 0 spiro atoms. The van der Waals surface area contributed by atoms with Crippen molar-refractivity contribution in [2.45, 2.75) is 31.0 Å². The van der Waals surface area contributed by atoms with Crippen LogP contribution in [0.1, 0.15) is 24.2 Å². The SMILES string of the molecule is C[C@H]1CN(c2ccc(NS(=O)(=O)c3ccccc3)cc2C(=O)O)C[C@H](C)O1. The Hall–Kier alpha value is -2.58. The first-order valence-corrected chi connectivity index (χ1v) is 10.1. The number of hydrogen-bond donors (Lipinski definition) is 2. The highest BCUT2D eigenvalue weighted by Gasteiger charge is 2.26. The van der Waals surface area contributed by atoms with Crippen LogP contribution in [0.4, 0.5) is 11.4 Å². The molecule has 0 amide bonds. The number of anilines is 2. The Morgan fingerprint density at radius 1 is 1.11 bits per heavy atom. The van der Waals surface area contributed by atoms with Crippen LogP contribution < -0.4 is 9.62 Å². The molecule has 1 saturated heterocycles. The first kappa shape index (κ1) is 19.2. The maximum Gasteiger partial charge on any atom is 0.337 e. The Kier molecular flexibility index (Phi) is 5.38. The van der Waals surface area contributed by atoms with Gasteiger partial charge in [0.25, 0.3) is 10.0 Å². The van der Waals surface area contributed by atoms with Gasteiger partial charge in [-0.1, -0.05) is 18.2 Å². The van der Waals surface area contributed by atoms with E-state index in [1.165, 1.54) is 18.2 Å². The van der Waals surface area contributed by atoms with Gasteiger partial charge in [-0.2, -0.15) is 0 Å². The highest BCUT2D eigenvalue weighted by molar-refractivity contribution is 7.92. The summed E-state index contributed by atoms with van der Waals surface area (Å²) in [4.78, 5) is 13.8. The quantitative estimate of drug-likeness (QED) is 0.815. The average Bonchev–Trinajstić information content (AvgIpc) is 2.61. The molecule has 3 rings (SSSR count). The Morgan fingerprint density at radius 3 is 2.33 bits per heavy atom. The van der Waals surface area contributed by atoms with Crippen molar-refractivity contribution < 1.29 is 23.1 Å². The molecule has 1 aliphatic heterocycles. The second-order valence-electron chi connectivity index (χ2n) is 6.62. The number of aromatic carboxylic acids is 1. The topological polar surface area (TPSA) is 95.9 Å². The zero-order valence-corrected chi connectivity index (χ0v) is 15.9. The maximum atomic E-state index is 12.5. The molecule has 0 bridgehead atoms. The van der Waals surface area contributed by atoms with Crippen LogP contribution in [-0.2, 0) is 14.8 Å². The summed E-state index contributed by atoms with van der Waals surface area (Å²) in [5, 5.41) is 9.63. The number of ether oxygens (including phenoxy) is 1. The molecule has 2 aromatic carbocycles. The number of nitrogens with zero attached hydrogens (tertiary/aromatic N) is 1. The lowest BCUT2D eigenvalue weighted by Gasteiger charge is -2.37. The van der Waals surface area contributed by atoms with Crippen LogP contribution in [0.25, 0.3) is 0 Å². The van der Waals surface area contributed by atoms with Crippen LogP contribution in [-0.4, -0.2) is 44.8 Å². The van der Waals surface area contributed by atoms with Gasteiger partial charge in [0.1, 0.15) is 0 Å². The number of nitrogens with one attached hydrogen (secondary N) is 1. The summed E-state index contributed by atoms with van der Waals surface area (Å²) in [7, 11) is -3.79. The number of benzene rings is 2. The van der Waals surface area contributed by atoms with Gasteiger partial charge in [0.2, 0.25) is 0 Å². The molecule has 0 aliphatic carbocycles. The smallest absolute Gasteiger partial charge is 0.337 e. The van der Waals surface area contributed by atoms with Crippen molar-refractivity contribution in [3.63, 3.8) is 0 Å². The van der Waals surface area contributed by atoms with E-state index in [2.05, 4.69) is 4.72 Å². The van der Waals surface area contributed by atoms with E-state index in [4.69, 9.17) is 4.74 Å². The van der Waals surface area contributed by atoms with E-state index < -0.39 is 16.0 Å². The number of carbonyl (C=O) groups is 1. The predicted octanol–water partition coefficient (Wildman–Crippen LogP) is 2.80. The molecule has 27 heavy (non-hydrogen) atoms. The van der Waals surface area contributed by atoms with Gasteiger partial charge in [0.05, 0.1) is 28.4 Å². The van der Waals surface area contributed by atoms with E-state index in [0.29, 0.717) is 18.8 Å². The van der Waals surface area contributed by atoms with Gasteiger partial charge in [-0.05, 0) is 44.2 Å². The van der Waals surface area contributed by atoms with Crippen molar-refractivity contribution in [1.82, 2.24) is 0 Å². The Bertz CT molecular complexity index is 920. The monoisotopic (exact) mass is 390 g/mol. The minimum Gasteiger partial charge on any atom is -0.478 e. The van der Waals surface area contributed by atoms with Gasteiger partial charge in [-0.25, -0.2) is 13.2 Å². The van der Waals surface area contributed by atoms with Gasteiger partial charge in [0, 0.05) is 18.8 Å². The molecule has 1 aliphatic rings. The highest BCUT2D eigenvalue weighted by Crippen LogP contribution is 2.28. The Labute approximate surface area is 158 Å². The number of sulfonamides is 1. The van der Waals surface area contributed by atoms with Gasteiger partial charge < -0.3 is 14.7 Å². The number of rotatable bonds is 5. The van der Waals surface area contributed by atoms with Crippen LogP contribution >= 0.6 is 0 Å². The van der Waals surface area contributed by atoms with Crippen molar-refractivity contribution >= 4 is 27.4 Å². The van der Waals surface area contributed by atoms with E-state index in [1.54, 1.807) is 30.3 Å². The van der Waals surface area contributed by atoms with Crippen LogP contribution in [0.3, 0.4) is 0 Å². The lowest BCUT2D eigenvalue weighted by molar-refractivity contribution is -0.00531. The standard InChI is InChI=1S/C19H22N2O5S/c1-13-11-21(12-14(2)26-13)18-9-8-15(10-17(18)19(22)23)20-27(24,25)16-6-4-3-5-7-16/h3-10,13-14,20H,11-12H2,1-2H3,(H,22,23)/t13-,14-/m0/s1. The normalized spacial score (nSPS) is 20.3. The third kappa shape index (κ3) is 4.40. The molecule has 1 heterocycles. The third-order valence-electron chi connectivity index (χ3n) is 4.29. The number of hydrogen-bond acceptors (Lipinski definition) is 5. The molecular weight excluding hydrogens is 368 g/mol. The molecule has 2 atom stereocenters. The minimum atomic E-state index is -3.79. The minimum absolute atomic E-state index is 0.0216. The molecule has 2 aromatic rings. The molecule has 2 N–H and O–H groups in total. The number of morpholine rings is 1. The second kappa shape index (κ2) is 7.58. The fourth-order valence-electron chi connectivity index (χ4n) is 3.23. The zero-order valence-electron chi connectivity index (χ0n) is 15.1. The molecular formula is C19H22N2O5S. The van der Waals surface area contributed by atoms with E-state index in [-0.39, 0.29) is 28.4 Å².